The Morgan fingerprint density at radius 2 is 2.04 bits per heavy atom. The maximum Gasteiger partial charge on any atom is 0.228 e. The van der Waals surface area contributed by atoms with Crippen molar-refractivity contribution in [2.75, 3.05) is 22.1 Å². The summed E-state index contributed by atoms with van der Waals surface area (Å²) in [6, 6.07) is 11.4. The molecule has 0 bridgehead atoms. The molecule has 0 unspecified atom stereocenters. The second-order valence-corrected chi connectivity index (χ2v) is 10.0. The minimum absolute atomic E-state index is 0.0762. The smallest absolute Gasteiger partial charge is 0.228 e. The number of carbonyl (C=O) groups is 2. The van der Waals surface area contributed by atoms with Crippen molar-refractivity contribution in [3.8, 4) is 0 Å². The highest BCUT2D eigenvalue weighted by Crippen LogP contribution is 2.34. The first kappa shape index (κ1) is 20.7. The molecule has 6 nitrogen and oxygen atoms in total. The summed E-state index contributed by atoms with van der Waals surface area (Å²) in [6.45, 7) is 1.82. The third-order valence-corrected chi connectivity index (χ3v) is 7.63. The number of fused-ring (bicyclic) bond motifs is 1. The van der Waals surface area contributed by atoms with Crippen LogP contribution in [0.2, 0.25) is 5.02 Å². The Morgan fingerprint density at radius 1 is 1.29 bits per heavy atom. The van der Waals surface area contributed by atoms with Crippen molar-refractivity contribution in [3.63, 3.8) is 0 Å². The molecule has 1 aliphatic rings. The predicted octanol–water partition coefficient (Wildman–Crippen LogP) is 3.82. The summed E-state index contributed by atoms with van der Waals surface area (Å²) in [6.07, 6.45) is -0.206. The van der Waals surface area contributed by atoms with Gasteiger partial charge in [-0.05, 0) is 30.3 Å². The molecule has 1 aliphatic heterocycles. The van der Waals surface area contributed by atoms with E-state index in [1.165, 1.54) is 23.9 Å². The lowest BCUT2D eigenvalue weighted by molar-refractivity contribution is -0.118. The van der Waals surface area contributed by atoms with Crippen LogP contribution in [0.4, 0.5) is 11.4 Å². The molecule has 1 heterocycles. The number of benzene rings is 2. The van der Waals surface area contributed by atoms with Gasteiger partial charge in [0.2, 0.25) is 11.8 Å². The maximum absolute atomic E-state index is 12.6. The van der Waals surface area contributed by atoms with Crippen LogP contribution in [0.3, 0.4) is 0 Å². The molecule has 0 aliphatic carbocycles. The highest BCUT2D eigenvalue weighted by molar-refractivity contribution is 7.99. The highest BCUT2D eigenvalue weighted by atomic mass is 35.5. The first-order chi connectivity index (χ1) is 13.3. The number of carbonyl (C=O) groups excluding carboxylic acids is 2. The number of rotatable bonds is 5. The van der Waals surface area contributed by atoms with Crippen LogP contribution >= 0.6 is 23.4 Å². The van der Waals surface area contributed by atoms with E-state index in [1.807, 2.05) is 6.92 Å². The first-order valence-electron chi connectivity index (χ1n) is 8.61. The molecule has 2 aromatic carbocycles. The van der Waals surface area contributed by atoms with Gasteiger partial charge in [0.25, 0.3) is 0 Å². The van der Waals surface area contributed by atoms with Gasteiger partial charge in [-0.2, -0.15) is 0 Å². The van der Waals surface area contributed by atoms with E-state index in [9.17, 15) is 18.0 Å². The standard InChI is InChI=1S/C19H19ClN2O4S2/c1-12-11-27-17-7-6-13(10-16(17)22-19(12)24)28(25,26)9-8-18(23)21-15-5-3-2-4-14(15)20/h2-7,10,12H,8-9,11H2,1H3,(H,21,23)(H,22,24)/t12-/m0/s1. The van der Waals surface area contributed by atoms with Gasteiger partial charge in [0.1, 0.15) is 0 Å². The van der Waals surface area contributed by atoms with Crippen molar-refractivity contribution >= 4 is 56.4 Å². The Kier molecular flexibility index (Phi) is 6.32. The van der Waals surface area contributed by atoms with Gasteiger partial charge in [0.15, 0.2) is 9.84 Å². The Morgan fingerprint density at radius 3 is 2.79 bits per heavy atom. The van der Waals surface area contributed by atoms with Gasteiger partial charge in [-0.25, -0.2) is 8.42 Å². The number of sulfone groups is 1. The van der Waals surface area contributed by atoms with Crippen LogP contribution in [0.15, 0.2) is 52.3 Å². The fourth-order valence-corrected chi connectivity index (χ4v) is 5.05. The van der Waals surface area contributed by atoms with Crippen LogP contribution in [0.25, 0.3) is 0 Å². The SMILES string of the molecule is C[C@H]1CSc2ccc(S(=O)(=O)CCC(=O)Nc3ccccc3Cl)cc2NC1=O. The minimum atomic E-state index is -3.69. The first-order valence-corrected chi connectivity index (χ1v) is 11.6. The molecular weight excluding hydrogens is 420 g/mol. The summed E-state index contributed by atoms with van der Waals surface area (Å²) in [5, 5.41) is 5.76. The number of thioether (sulfide) groups is 1. The van der Waals surface area contributed by atoms with Crippen molar-refractivity contribution in [3.05, 3.63) is 47.5 Å². The molecule has 0 radical (unpaired) electrons. The van der Waals surface area contributed by atoms with Crippen molar-refractivity contribution in [2.45, 2.75) is 23.1 Å². The monoisotopic (exact) mass is 438 g/mol. The second kappa shape index (κ2) is 8.55. The lowest BCUT2D eigenvalue weighted by Gasteiger charge is -2.11. The van der Waals surface area contributed by atoms with E-state index < -0.39 is 15.7 Å². The molecule has 148 valence electrons. The Hall–Kier alpha value is -2.03. The number of amides is 2. The van der Waals surface area contributed by atoms with Crippen LogP contribution in [0.1, 0.15) is 13.3 Å². The average molecular weight is 439 g/mol. The zero-order valence-electron chi connectivity index (χ0n) is 15.1. The van der Waals surface area contributed by atoms with E-state index in [0.29, 0.717) is 22.2 Å². The van der Waals surface area contributed by atoms with Crippen molar-refractivity contribution in [1.82, 2.24) is 0 Å². The van der Waals surface area contributed by atoms with Crippen LogP contribution in [0, 0.1) is 5.92 Å². The summed E-state index contributed by atoms with van der Waals surface area (Å²) in [4.78, 5) is 25.0. The van der Waals surface area contributed by atoms with Crippen LogP contribution in [0.5, 0.6) is 0 Å². The quantitative estimate of drug-likeness (QED) is 0.740. The molecular formula is C19H19ClN2O4S2. The topological polar surface area (TPSA) is 92.3 Å². The second-order valence-electron chi connectivity index (χ2n) is 6.46. The van der Waals surface area contributed by atoms with Crippen LogP contribution < -0.4 is 10.6 Å². The van der Waals surface area contributed by atoms with Crippen molar-refractivity contribution in [1.29, 1.82) is 0 Å². The zero-order chi connectivity index (χ0) is 20.3. The highest BCUT2D eigenvalue weighted by Gasteiger charge is 2.23. The van der Waals surface area contributed by atoms with Crippen molar-refractivity contribution < 1.29 is 18.0 Å². The largest absolute Gasteiger partial charge is 0.325 e. The lowest BCUT2D eigenvalue weighted by atomic mass is 10.2. The van der Waals surface area contributed by atoms with Crippen LogP contribution in [-0.4, -0.2) is 31.7 Å². The Labute approximate surface area is 173 Å². The molecule has 0 fully saturated rings. The van der Waals surface area contributed by atoms with Gasteiger partial charge >= 0.3 is 0 Å². The van der Waals surface area contributed by atoms with Gasteiger partial charge in [-0.3, -0.25) is 9.59 Å². The summed E-state index contributed by atoms with van der Waals surface area (Å²) >= 11 is 7.49. The molecule has 9 heteroatoms. The van der Waals surface area contributed by atoms with Crippen LogP contribution in [-0.2, 0) is 19.4 Å². The number of hydrogen-bond donors (Lipinski definition) is 2. The number of halogens is 1. The zero-order valence-corrected chi connectivity index (χ0v) is 17.5. The van der Waals surface area contributed by atoms with E-state index in [1.54, 1.807) is 30.3 Å². The van der Waals surface area contributed by atoms with Gasteiger partial charge in [-0.15, -0.1) is 11.8 Å². The molecule has 0 spiro atoms. The minimum Gasteiger partial charge on any atom is -0.325 e. The summed E-state index contributed by atoms with van der Waals surface area (Å²) in [5.74, 6) is -0.456. The molecule has 1 atom stereocenters. The van der Waals surface area contributed by atoms with Gasteiger partial charge in [0, 0.05) is 23.0 Å². The third kappa shape index (κ3) is 4.87. The van der Waals surface area contributed by atoms with Gasteiger partial charge in [0.05, 0.1) is 27.0 Å². The third-order valence-electron chi connectivity index (χ3n) is 4.25. The van der Waals surface area contributed by atoms with E-state index in [-0.39, 0.29) is 28.9 Å². The molecule has 2 N–H and O–H groups in total. The van der Waals surface area contributed by atoms with E-state index in [2.05, 4.69) is 10.6 Å². The Balaban J connectivity index is 1.70. The van der Waals surface area contributed by atoms with E-state index in [0.717, 1.165) is 4.90 Å². The number of hydrogen-bond acceptors (Lipinski definition) is 5. The molecule has 2 amide bonds. The van der Waals surface area contributed by atoms with Gasteiger partial charge < -0.3 is 10.6 Å². The molecule has 3 rings (SSSR count). The number of nitrogens with one attached hydrogen (secondary N) is 2. The fourth-order valence-electron chi connectivity index (χ4n) is 2.59. The predicted molar refractivity (Wildman–Crippen MR) is 112 cm³/mol. The molecule has 0 saturated heterocycles. The normalized spacial score (nSPS) is 16.6. The fraction of sp³-hybridized carbons (Fsp3) is 0.263. The van der Waals surface area contributed by atoms with E-state index >= 15 is 0 Å². The van der Waals surface area contributed by atoms with E-state index in [4.69, 9.17) is 11.6 Å². The number of para-hydroxylation sites is 1. The molecule has 0 saturated carbocycles. The Bertz CT molecular complexity index is 1020. The average Bonchev–Trinajstić information content (AvgIpc) is 2.80. The maximum atomic E-state index is 12.6. The summed E-state index contributed by atoms with van der Waals surface area (Å²) in [7, 11) is -3.69. The van der Waals surface area contributed by atoms with Gasteiger partial charge in [-0.1, -0.05) is 30.7 Å². The van der Waals surface area contributed by atoms with Crippen molar-refractivity contribution in [2.24, 2.45) is 5.92 Å². The summed E-state index contributed by atoms with van der Waals surface area (Å²) < 4.78 is 25.3. The molecule has 2 aromatic rings. The molecule has 0 aromatic heterocycles. The summed E-state index contributed by atoms with van der Waals surface area (Å²) in [5.41, 5.74) is 0.923. The lowest BCUT2D eigenvalue weighted by Crippen LogP contribution is -2.20. The molecule has 28 heavy (non-hydrogen) atoms. The number of anilines is 2.